The zero-order valence-electron chi connectivity index (χ0n) is 13.2. The molecule has 23 heavy (non-hydrogen) atoms. The zero-order valence-corrected chi connectivity index (χ0v) is 13.2. The molecule has 0 amide bonds. The number of hydrogen-bond donors (Lipinski definition) is 1. The molecule has 6 heteroatoms. The van der Waals surface area contributed by atoms with Crippen LogP contribution in [0.3, 0.4) is 0 Å². The van der Waals surface area contributed by atoms with Gasteiger partial charge in [0, 0.05) is 31.8 Å². The standard InChI is InChI=1S/C17H21N3O3/c1-20-10-18-9-14(20)16-7-13(5-6-21-16)19-8-12-3-2-4-15-17(12)23-11-22-15/h2-4,9-10,13,16,19H,5-8,11H2,1H3/t13-,16+/m1/s1. The van der Waals surface area contributed by atoms with Crippen molar-refractivity contribution in [1.29, 1.82) is 0 Å². The average molecular weight is 315 g/mol. The molecular weight excluding hydrogens is 294 g/mol. The van der Waals surface area contributed by atoms with E-state index < -0.39 is 0 Å². The van der Waals surface area contributed by atoms with E-state index in [1.165, 1.54) is 0 Å². The zero-order chi connectivity index (χ0) is 15.6. The van der Waals surface area contributed by atoms with Gasteiger partial charge in [0.05, 0.1) is 18.2 Å². The van der Waals surface area contributed by atoms with Crippen molar-refractivity contribution in [2.45, 2.75) is 31.5 Å². The van der Waals surface area contributed by atoms with Crippen molar-refractivity contribution in [3.63, 3.8) is 0 Å². The molecule has 1 N–H and O–H groups in total. The average Bonchev–Trinajstić information content (AvgIpc) is 3.22. The lowest BCUT2D eigenvalue weighted by Crippen LogP contribution is -2.36. The maximum atomic E-state index is 5.91. The summed E-state index contributed by atoms with van der Waals surface area (Å²) in [4.78, 5) is 4.19. The number of nitrogens with zero attached hydrogens (tertiary/aromatic N) is 2. The van der Waals surface area contributed by atoms with Crippen molar-refractivity contribution in [2.75, 3.05) is 13.4 Å². The van der Waals surface area contributed by atoms with Gasteiger partial charge in [-0.15, -0.1) is 0 Å². The van der Waals surface area contributed by atoms with E-state index in [0.717, 1.165) is 48.7 Å². The van der Waals surface area contributed by atoms with Crippen LogP contribution in [0.1, 0.15) is 30.2 Å². The molecule has 122 valence electrons. The lowest BCUT2D eigenvalue weighted by Gasteiger charge is -2.30. The van der Waals surface area contributed by atoms with Crippen LogP contribution in [-0.4, -0.2) is 29.0 Å². The summed E-state index contributed by atoms with van der Waals surface area (Å²) in [5.74, 6) is 1.71. The second kappa shape index (κ2) is 6.22. The highest BCUT2D eigenvalue weighted by atomic mass is 16.7. The van der Waals surface area contributed by atoms with Crippen molar-refractivity contribution in [3.8, 4) is 11.5 Å². The molecule has 3 heterocycles. The van der Waals surface area contributed by atoms with Crippen LogP contribution in [0.4, 0.5) is 0 Å². The third-order valence-corrected chi connectivity index (χ3v) is 4.53. The van der Waals surface area contributed by atoms with E-state index in [1.54, 1.807) is 0 Å². The predicted octanol–water partition coefficient (Wildman–Crippen LogP) is 2.16. The third-order valence-electron chi connectivity index (χ3n) is 4.53. The fourth-order valence-corrected chi connectivity index (χ4v) is 3.25. The Morgan fingerprint density at radius 2 is 2.30 bits per heavy atom. The van der Waals surface area contributed by atoms with Crippen LogP contribution in [0.25, 0.3) is 0 Å². The first-order valence-electron chi connectivity index (χ1n) is 8.00. The van der Waals surface area contributed by atoms with Gasteiger partial charge in [-0.05, 0) is 18.9 Å². The van der Waals surface area contributed by atoms with Crippen molar-refractivity contribution in [2.24, 2.45) is 7.05 Å². The molecule has 2 aliphatic heterocycles. The van der Waals surface area contributed by atoms with Gasteiger partial charge < -0.3 is 24.1 Å². The molecule has 0 spiro atoms. The topological polar surface area (TPSA) is 57.5 Å². The van der Waals surface area contributed by atoms with E-state index in [0.29, 0.717) is 12.8 Å². The molecule has 1 fully saturated rings. The summed E-state index contributed by atoms with van der Waals surface area (Å²) in [7, 11) is 2.01. The minimum absolute atomic E-state index is 0.106. The quantitative estimate of drug-likeness (QED) is 0.937. The maximum absolute atomic E-state index is 5.91. The van der Waals surface area contributed by atoms with Crippen LogP contribution < -0.4 is 14.8 Å². The van der Waals surface area contributed by atoms with Gasteiger partial charge in [-0.25, -0.2) is 4.98 Å². The van der Waals surface area contributed by atoms with E-state index in [2.05, 4.69) is 16.4 Å². The predicted molar refractivity (Wildman–Crippen MR) is 84.3 cm³/mol. The number of hydrogen-bond acceptors (Lipinski definition) is 5. The minimum atomic E-state index is 0.106. The molecule has 2 aliphatic rings. The first kappa shape index (κ1) is 14.5. The SMILES string of the molecule is Cn1cncc1[C@@H]1C[C@H](NCc2cccc3c2OCO3)CCO1. The van der Waals surface area contributed by atoms with Crippen molar-refractivity contribution < 1.29 is 14.2 Å². The smallest absolute Gasteiger partial charge is 0.231 e. The highest BCUT2D eigenvalue weighted by molar-refractivity contribution is 5.48. The van der Waals surface area contributed by atoms with Crippen LogP contribution in [-0.2, 0) is 18.3 Å². The van der Waals surface area contributed by atoms with Gasteiger partial charge in [-0.3, -0.25) is 0 Å². The largest absolute Gasteiger partial charge is 0.454 e. The van der Waals surface area contributed by atoms with Crippen LogP contribution in [0.2, 0.25) is 0 Å². The fraction of sp³-hybridized carbons (Fsp3) is 0.471. The number of aromatic nitrogens is 2. The third kappa shape index (κ3) is 2.92. The van der Waals surface area contributed by atoms with Crippen molar-refractivity contribution >= 4 is 0 Å². The Morgan fingerprint density at radius 1 is 1.35 bits per heavy atom. The molecule has 0 bridgehead atoms. The molecule has 0 radical (unpaired) electrons. The van der Waals surface area contributed by atoms with E-state index in [9.17, 15) is 0 Å². The monoisotopic (exact) mass is 315 g/mol. The fourth-order valence-electron chi connectivity index (χ4n) is 3.25. The number of aryl methyl sites for hydroxylation is 1. The van der Waals surface area contributed by atoms with Gasteiger partial charge in [0.2, 0.25) is 6.79 Å². The first-order valence-corrected chi connectivity index (χ1v) is 8.00. The lowest BCUT2D eigenvalue weighted by molar-refractivity contribution is -0.00406. The van der Waals surface area contributed by atoms with Crippen molar-refractivity contribution in [3.05, 3.63) is 42.0 Å². The summed E-state index contributed by atoms with van der Waals surface area (Å²) in [6.45, 7) is 1.85. The molecule has 2 aromatic rings. The molecular formula is C17H21N3O3. The van der Waals surface area contributed by atoms with E-state index >= 15 is 0 Å². The van der Waals surface area contributed by atoms with Gasteiger partial charge in [0.15, 0.2) is 11.5 Å². The number of fused-ring (bicyclic) bond motifs is 1. The van der Waals surface area contributed by atoms with Crippen LogP contribution >= 0.6 is 0 Å². The molecule has 1 saturated heterocycles. The summed E-state index contributed by atoms with van der Waals surface area (Å²) < 4.78 is 18.9. The van der Waals surface area contributed by atoms with Crippen LogP contribution in [0.15, 0.2) is 30.7 Å². The number of imidazole rings is 1. The Balaban J connectivity index is 1.40. The van der Waals surface area contributed by atoms with E-state index in [-0.39, 0.29) is 6.10 Å². The normalized spacial score (nSPS) is 23.2. The maximum Gasteiger partial charge on any atom is 0.231 e. The summed E-state index contributed by atoms with van der Waals surface area (Å²) in [5.41, 5.74) is 2.28. The van der Waals surface area contributed by atoms with Crippen LogP contribution in [0, 0.1) is 0 Å². The summed E-state index contributed by atoms with van der Waals surface area (Å²) in [5, 5.41) is 3.63. The Hall–Kier alpha value is -2.05. The number of benzene rings is 1. The molecule has 1 aromatic carbocycles. The molecule has 2 atom stereocenters. The highest BCUT2D eigenvalue weighted by Crippen LogP contribution is 2.35. The van der Waals surface area contributed by atoms with Gasteiger partial charge in [0.1, 0.15) is 6.10 Å². The second-order valence-corrected chi connectivity index (χ2v) is 6.04. The van der Waals surface area contributed by atoms with Crippen molar-refractivity contribution in [1.82, 2.24) is 14.9 Å². The summed E-state index contributed by atoms with van der Waals surface area (Å²) in [6.07, 6.45) is 5.78. The second-order valence-electron chi connectivity index (χ2n) is 6.04. The number of nitrogens with one attached hydrogen (secondary N) is 1. The molecule has 0 unspecified atom stereocenters. The number of rotatable bonds is 4. The van der Waals surface area contributed by atoms with Gasteiger partial charge in [0.25, 0.3) is 0 Å². The lowest BCUT2D eigenvalue weighted by atomic mass is 10.0. The first-order chi connectivity index (χ1) is 11.3. The van der Waals surface area contributed by atoms with Crippen LogP contribution in [0.5, 0.6) is 11.5 Å². The number of ether oxygens (including phenoxy) is 3. The Kier molecular flexibility index (Phi) is 3.93. The van der Waals surface area contributed by atoms with Gasteiger partial charge in [-0.2, -0.15) is 0 Å². The van der Waals surface area contributed by atoms with E-state index in [4.69, 9.17) is 14.2 Å². The molecule has 6 nitrogen and oxygen atoms in total. The van der Waals surface area contributed by atoms with Gasteiger partial charge in [-0.1, -0.05) is 12.1 Å². The molecule has 4 rings (SSSR count). The Labute approximate surface area is 135 Å². The minimum Gasteiger partial charge on any atom is -0.454 e. The highest BCUT2D eigenvalue weighted by Gasteiger charge is 2.26. The Morgan fingerprint density at radius 3 is 3.17 bits per heavy atom. The molecule has 0 saturated carbocycles. The molecule has 0 aliphatic carbocycles. The molecule has 1 aromatic heterocycles. The summed E-state index contributed by atoms with van der Waals surface area (Å²) >= 11 is 0. The van der Waals surface area contributed by atoms with Gasteiger partial charge >= 0.3 is 0 Å². The Bertz CT molecular complexity index is 685. The van der Waals surface area contributed by atoms with E-state index in [1.807, 2.05) is 36.3 Å². The summed E-state index contributed by atoms with van der Waals surface area (Å²) in [6, 6.07) is 6.45. The number of para-hydroxylation sites is 1.